The van der Waals surface area contributed by atoms with E-state index >= 15 is 0 Å². The summed E-state index contributed by atoms with van der Waals surface area (Å²) in [6.07, 6.45) is 5.60. The lowest BCUT2D eigenvalue weighted by Gasteiger charge is -2.36. The molecule has 2 heterocycles. The monoisotopic (exact) mass is 210 g/mol. The summed E-state index contributed by atoms with van der Waals surface area (Å²) in [5.41, 5.74) is 0.423. The van der Waals surface area contributed by atoms with E-state index in [4.69, 9.17) is 0 Å². The molecule has 2 heteroatoms. The average Bonchev–Trinajstić information content (AvgIpc) is 2.60. The molecular weight excluding hydrogens is 184 g/mol. The van der Waals surface area contributed by atoms with E-state index in [2.05, 4.69) is 31.0 Å². The van der Waals surface area contributed by atoms with E-state index in [1.165, 1.54) is 38.8 Å². The minimum absolute atomic E-state index is 0.423. The Bertz CT molecular complexity index is 207. The van der Waals surface area contributed by atoms with Gasteiger partial charge in [-0.3, -0.25) is 0 Å². The lowest BCUT2D eigenvalue weighted by atomic mass is 9.93. The Kier molecular flexibility index (Phi) is 3.36. The maximum absolute atomic E-state index is 3.75. The number of nitrogens with one attached hydrogen (secondary N) is 1. The molecule has 0 amide bonds. The van der Waals surface area contributed by atoms with Gasteiger partial charge in [-0.05, 0) is 44.2 Å². The molecule has 15 heavy (non-hydrogen) atoms. The van der Waals surface area contributed by atoms with Crippen LogP contribution in [-0.4, -0.2) is 36.6 Å². The molecule has 2 unspecified atom stereocenters. The Morgan fingerprint density at radius 1 is 1.20 bits per heavy atom. The van der Waals surface area contributed by atoms with Gasteiger partial charge in [0.25, 0.3) is 0 Å². The molecule has 0 radical (unpaired) electrons. The Morgan fingerprint density at radius 3 is 2.73 bits per heavy atom. The van der Waals surface area contributed by atoms with E-state index in [1.807, 2.05) is 0 Å². The van der Waals surface area contributed by atoms with Crippen LogP contribution in [0.4, 0.5) is 0 Å². The highest BCUT2D eigenvalue weighted by Gasteiger charge is 2.31. The van der Waals surface area contributed by atoms with Crippen LogP contribution in [0.3, 0.4) is 0 Å². The van der Waals surface area contributed by atoms with Gasteiger partial charge in [0.1, 0.15) is 0 Å². The predicted octanol–water partition coefficient (Wildman–Crippen LogP) is 2.25. The fourth-order valence-corrected chi connectivity index (χ4v) is 2.86. The van der Waals surface area contributed by atoms with Crippen molar-refractivity contribution in [3.63, 3.8) is 0 Å². The second-order valence-corrected chi connectivity index (χ2v) is 6.49. The standard InChI is InChI=1S/C13H26N2/c1-13(2,3)10-14-11-6-8-15-7-4-5-12(15)9-11/h11-12,14H,4-10H2,1-3H3. The number of rotatable bonds is 2. The van der Waals surface area contributed by atoms with Crippen molar-refractivity contribution < 1.29 is 0 Å². The number of hydrogen-bond donors (Lipinski definition) is 1. The van der Waals surface area contributed by atoms with E-state index in [-0.39, 0.29) is 0 Å². The zero-order valence-corrected chi connectivity index (χ0v) is 10.6. The molecule has 2 nitrogen and oxygen atoms in total. The van der Waals surface area contributed by atoms with Crippen molar-refractivity contribution in [2.75, 3.05) is 19.6 Å². The Balaban J connectivity index is 1.75. The molecule has 0 aliphatic carbocycles. The van der Waals surface area contributed by atoms with Crippen molar-refractivity contribution in [2.24, 2.45) is 5.41 Å². The summed E-state index contributed by atoms with van der Waals surface area (Å²) in [5.74, 6) is 0. The fraction of sp³-hybridized carbons (Fsp3) is 1.00. The van der Waals surface area contributed by atoms with Crippen LogP contribution in [0.5, 0.6) is 0 Å². The predicted molar refractivity (Wildman–Crippen MR) is 65.1 cm³/mol. The van der Waals surface area contributed by atoms with E-state index in [0.717, 1.165) is 18.6 Å². The number of hydrogen-bond acceptors (Lipinski definition) is 2. The zero-order chi connectivity index (χ0) is 10.9. The molecular formula is C13H26N2. The molecule has 2 atom stereocenters. The first-order valence-corrected chi connectivity index (χ1v) is 6.52. The van der Waals surface area contributed by atoms with E-state index in [1.54, 1.807) is 0 Å². The van der Waals surface area contributed by atoms with Gasteiger partial charge in [0.15, 0.2) is 0 Å². The summed E-state index contributed by atoms with van der Waals surface area (Å²) >= 11 is 0. The Labute approximate surface area is 94.4 Å². The molecule has 0 bridgehead atoms. The Hall–Kier alpha value is -0.0800. The number of fused-ring (bicyclic) bond motifs is 1. The molecule has 0 aromatic rings. The third-order valence-corrected chi connectivity index (χ3v) is 3.74. The maximum Gasteiger partial charge on any atom is 0.0111 e. The molecule has 1 N–H and O–H groups in total. The molecule has 0 saturated carbocycles. The van der Waals surface area contributed by atoms with Gasteiger partial charge < -0.3 is 10.2 Å². The zero-order valence-electron chi connectivity index (χ0n) is 10.6. The molecule has 0 aromatic heterocycles. The lowest BCUT2D eigenvalue weighted by molar-refractivity contribution is 0.161. The largest absolute Gasteiger partial charge is 0.313 e. The summed E-state index contributed by atoms with van der Waals surface area (Å²) in [7, 11) is 0. The SMILES string of the molecule is CC(C)(C)CNC1CCN2CCCC2C1. The molecule has 2 saturated heterocycles. The van der Waals surface area contributed by atoms with Crippen molar-refractivity contribution in [1.29, 1.82) is 0 Å². The van der Waals surface area contributed by atoms with Crippen LogP contribution >= 0.6 is 0 Å². The van der Waals surface area contributed by atoms with Gasteiger partial charge in [0, 0.05) is 18.6 Å². The first kappa shape index (κ1) is 11.4. The highest BCUT2D eigenvalue weighted by Crippen LogP contribution is 2.27. The van der Waals surface area contributed by atoms with Crippen LogP contribution in [0.2, 0.25) is 0 Å². The van der Waals surface area contributed by atoms with Crippen LogP contribution in [0.25, 0.3) is 0 Å². The topological polar surface area (TPSA) is 15.3 Å². The van der Waals surface area contributed by atoms with Gasteiger partial charge in [0.05, 0.1) is 0 Å². The van der Waals surface area contributed by atoms with Gasteiger partial charge in [-0.1, -0.05) is 20.8 Å². The summed E-state index contributed by atoms with van der Waals surface area (Å²) < 4.78 is 0. The molecule has 2 rings (SSSR count). The van der Waals surface area contributed by atoms with Gasteiger partial charge in [-0.15, -0.1) is 0 Å². The summed E-state index contributed by atoms with van der Waals surface area (Å²) in [4.78, 5) is 2.69. The second kappa shape index (κ2) is 4.42. The molecule has 2 aliphatic heterocycles. The first-order chi connectivity index (χ1) is 7.04. The van der Waals surface area contributed by atoms with Crippen LogP contribution in [0.15, 0.2) is 0 Å². The van der Waals surface area contributed by atoms with Crippen molar-refractivity contribution in [3.8, 4) is 0 Å². The molecule has 2 fully saturated rings. The smallest absolute Gasteiger partial charge is 0.0111 e. The fourth-order valence-electron chi connectivity index (χ4n) is 2.86. The van der Waals surface area contributed by atoms with E-state index in [9.17, 15) is 0 Å². The van der Waals surface area contributed by atoms with E-state index < -0.39 is 0 Å². The molecule has 0 spiro atoms. The number of piperidine rings is 1. The Morgan fingerprint density at radius 2 is 2.00 bits per heavy atom. The lowest BCUT2D eigenvalue weighted by Crippen LogP contribution is -2.47. The van der Waals surface area contributed by atoms with E-state index in [0.29, 0.717) is 5.41 Å². The average molecular weight is 210 g/mol. The summed E-state index contributed by atoms with van der Waals surface area (Å²) in [6, 6.07) is 1.68. The summed E-state index contributed by atoms with van der Waals surface area (Å²) in [6.45, 7) is 10.8. The highest BCUT2D eigenvalue weighted by molar-refractivity contribution is 4.89. The van der Waals surface area contributed by atoms with Crippen LogP contribution in [0, 0.1) is 5.41 Å². The van der Waals surface area contributed by atoms with Gasteiger partial charge in [-0.2, -0.15) is 0 Å². The highest BCUT2D eigenvalue weighted by atomic mass is 15.2. The van der Waals surface area contributed by atoms with Crippen molar-refractivity contribution in [3.05, 3.63) is 0 Å². The normalized spacial score (nSPS) is 33.0. The van der Waals surface area contributed by atoms with Crippen molar-refractivity contribution in [1.82, 2.24) is 10.2 Å². The molecule has 2 aliphatic rings. The van der Waals surface area contributed by atoms with Crippen molar-refractivity contribution in [2.45, 2.75) is 58.5 Å². The quantitative estimate of drug-likeness (QED) is 0.752. The van der Waals surface area contributed by atoms with Gasteiger partial charge in [-0.25, -0.2) is 0 Å². The first-order valence-electron chi connectivity index (χ1n) is 6.52. The van der Waals surface area contributed by atoms with Gasteiger partial charge >= 0.3 is 0 Å². The van der Waals surface area contributed by atoms with Crippen LogP contribution in [0.1, 0.15) is 46.5 Å². The summed E-state index contributed by atoms with van der Waals surface area (Å²) in [5, 5.41) is 3.75. The molecule has 88 valence electrons. The van der Waals surface area contributed by atoms with Crippen molar-refractivity contribution >= 4 is 0 Å². The number of nitrogens with zero attached hydrogens (tertiary/aromatic N) is 1. The minimum atomic E-state index is 0.423. The van der Waals surface area contributed by atoms with Crippen LogP contribution in [-0.2, 0) is 0 Å². The minimum Gasteiger partial charge on any atom is -0.313 e. The molecule has 0 aromatic carbocycles. The third kappa shape index (κ3) is 3.18. The third-order valence-electron chi connectivity index (χ3n) is 3.74. The second-order valence-electron chi connectivity index (χ2n) is 6.49. The van der Waals surface area contributed by atoms with Gasteiger partial charge in [0.2, 0.25) is 0 Å². The van der Waals surface area contributed by atoms with Crippen LogP contribution < -0.4 is 5.32 Å². The maximum atomic E-state index is 3.75.